The molecule has 0 fully saturated rings. The summed E-state index contributed by atoms with van der Waals surface area (Å²) in [6.45, 7) is 0. The summed E-state index contributed by atoms with van der Waals surface area (Å²) in [4.78, 5) is 0. The maximum atomic E-state index is 2.63. The zero-order valence-corrected chi connectivity index (χ0v) is 30.7. The Bertz CT molecular complexity index is 3420. The number of allylic oxidation sites excluding steroid dienone is 1. The molecule has 0 saturated carbocycles. The quantitative estimate of drug-likeness (QED) is 0.150. The average molecular weight is 720 g/mol. The fraction of sp³-hybridized carbons (Fsp3) is 0.0588. The molecule has 0 radical (unpaired) electrons. The van der Waals surface area contributed by atoms with Gasteiger partial charge < -0.3 is 4.40 Å². The van der Waals surface area contributed by atoms with Gasteiger partial charge in [0.1, 0.15) is 0 Å². The second kappa shape index (κ2) is 11.0. The van der Waals surface area contributed by atoms with E-state index in [1.807, 2.05) is 11.3 Å². The average Bonchev–Trinajstić information content (AvgIpc) is 3.91. The van der Waals surface area contributed by atoms with Gasteiger partial charge in [-0.05, 0) is 77.7 Å². The van der Waals surface area contributed by atoms with Crippen LogP contribution in [-0.4, -0.2) is 4.40 Å². The third kappa shape index (κ3) is 3.99. The van der Waals surface area contributed by atoms with Crippen LogP contribution in [0.1, 0.15) is 29.5 Å². The molecule has 2 unspecified atom stereocenters. The minimum Gasteiger partial charge on any atom is -0.307 e. The number of aromatic nitrogens is 3. The van der Waals surface area contributed by atoms with Crippen molar-refractivity contribution in [1.82, 2.24) is 4.40 Å². The summed E-state index contributed by atoms with van der Waals surface area (Å²) in [5.41, 5.74) is 14.2. The topological polar surface area (TPSA) is 12.2 Å². The monoisotopic (exact) mass is 719 g/mol. The van der Waals surface area contributed by atoms with E-state index in [9.17, 15) is 0 Å². The SMILES string of the molecule is C1=C[n+]2ccccc2-c2cc3c4cc(-c5ccccc5)cc5c6ccc7c8ccccc8sc7c6n(c3cc2C2C(C1)c1ccccc1-c1cccc[n+]12)c45. The molecule has 6 aromatic carbocycles. The van der Waals surface area contributed by atoms with Crippen LogP contribution < -0.4 is 9.13 Å². The van der Waals surface area contributed by atoms with Crippen molar-refractivity contribution >= 4 is 75.8 Å². The molecule has 7 heterocycles. The Morgan fingerprint density at radius 3 is 2.22 bits per heavy atom. The normalized spacial score (nSPS) is 16.2. The first-order chi connectivity index (χ1) is 27.3. The van der Waals surface area contributed by atoms with Crippen LogP contribution in [-0.2, 0) is 0 Å². The van der Waals surface area contributed by atoms with Crippen LogP contribution in [0.5, 0.6) is 0 Å². The molecule has 2 aliphatic rings. The van der Waals surface area contributed by atoms with Gasteiger partial charge in [0.05, 0.1) is 32.7 Å². The lowest BCUT2D eigenvalue weighted by Crippen LogP contribution is -2.48. The van der Waals surface area contributed by atoms with Crippen LogP contribution >= 0.6 is 11.3 Å². The van der Waals surface area contributed by atoms with Crippen molar-refractivity contribution in [2.24, 2.45) is 0 Å². The molecule has 2 aliphatic heterocycles. The lowest BCUT2D eigenvalue weighted by Gasteiger charge is -2.30. The van der Waals surface area contributed by atoms with Crippen molar-refractivity contribution in [1.29, 1.82) is 0 Å². The van der Waals surface area contributed by atoms with E-state index >= 15 is 0 Å². The van der Waals surface area contributed by atoms with Crippen LogP contribution in [0, 0.1) is 0 Å². The van der Waals surface area contributed by atoms with Gasteiger partial charge in [0.25, 0.3) is 0 Å². The summed E-state index contributed by atoms with van der Waals surface area (Å²) in [6, 6.07) is 57.0. The second-order valence-electron chi connectivity index (χ2n) is 15.3. The van der Waals surface area contributed by atoms with Gasteiger partial charge in [-0.25, -0.2) is 0 Å². The van der Waals surface area contributed by atoms with Crippen molar-refractivity contribution < 1.29 is 9.13 Å². The Balaban J connectivity index is 1.23. The highest BCUT2D eigenvalue weighted by molar-refractivity contribution is 7.26. The first-order valence-electron chi connectivity index (χ1n) is 19.2. The molecule has 55 heavy (non-hydrogen) atoms. The highest BCUT2D eigenvalue weighted by Crippen LogP contribution is 2.50. The minimum atomic E-state index is 0.0908. The van der Waals surface area contributed by atoms with Gasteiger partial charge >= 0.3 is 0 Å². The zero-order chi connectivity index (χ0) is 35.8. The van der Waals surface area contributed by atoms with Crippen LogP contribution in [0.3, 0.4) is 0 Å². The summed E-state index contributed by atoms with van der Waals surface area (Å²) in [5, 5.41) is 7.89. The van der Waals surface area contributed by atoms with Crippen molar-refractivity contribution in [3.8, 4) is 33.6 Å². The third-order valence-electron chi connectivity index (χ3n) is 12.5. The molecule has 0 spiro atoms. The molecular formula is C51H33N3S+2. The van der Waals surface area contributed by atoms with Gasteiger partial charge in [0, 0.05) is 72.4 Å². The van der Waals surface area contributed by atoms with E-state index in [0.717, 1.165) is 6.42 Å². The highest BCUT2D eigenvalue weighted by Gasteiger charge is 2.43. The van der Waals surface area contributed by atoms with Gasteiger partial charge in [-0.15, -0.1) is 11.3 Å². The maximum absolute atomic E-state index is 2.63. The van der Waals surface area contributed by atoms with E-state index in [4.69, 9.17) is 0 Å². The number of hydrogen-bond acceptors (Lipinski definition) is 1. The predicted molar refractivity (Wildman–Crippen MR) is 228 cm³/mol. The second-order valence-corrected chi connectivity index (χ2v) is 16.3. The third-order valence-corrected chi connectivity index (χ3v) is 13.7. The number of pyridine rings is 2. The Morgan fingerprint density at radius 1 is 0.527 bits per heavy atom. The van der Waals surface area contributed by atoms with E-state index < -0.39 is 0 Å². The van der Waals surface area contributed by atoms with Gasteiger partial charge in [-0.3, -0.25) is 0 Å². The van der Waals surface area contributed by atoms with E-state index in [-0.39, 0.29) is 12.0 Å². The van der Waals surface area contributed by atoms with Gasteiger partial charge in [0.2, 0.25) is 11.4 Å². The number of benzene rings is 6. The van der Waals surface area contributed by atoms with Crippen molar-refractivity contribution in [2.45, 2.75) is 18.4 Å². The predicted octanol–water partition coefficient (Wildman–Crippen LogP) is 12.3. The van der Waals surface area contributed by atoms with Crippen LogP contribution in [0.15, 0.2) is 170 Å². The molecule has 3 nitrogen and oxygen atoms in total. The van der Waals surface area contributed by atoms with Crippen LogP contribution in [0.4, 0.5) is 0 Å². The van der Waals surface area contributed by atoms with Crippen molar-refractivity contribution in [3.05, 3.63) is 181 Å². The molecule has 11 aromatic rings. The molecular weight excluding hydrogens is 687 g/mol. The summed E-state index contributed by atoms with van der Waals surface area (Å²) in [5.74, 6) is 0.253. The molecule has 4 heteroatoms. The number of thiophene rings is 1. The first kappa shape index (κ1) is 29.8. The van der Waals surface area contributed by atoms with Gasteiger partial charge in [-0.2, -0.15) is 9.13 Å². The number of fused-ring (bicyclic) bond motifs is 20. The summed E-state index contributed by atoms with van der Waals surface area (Å²) < 4.78 is 10.2. The smallest absolute Gasteiger partial charge is 0.218 e. The molecule has 0 N–H and O–H groups in total. The van der Waals surface area contributed by atoms with E-state index in [0.29, 0.717) is 0 Å². The number of rotatable bonds is 1. The lowest BCUT2D eigenvalue weighted by molar-refractivity contribution is -0.708. The van der Waals surface area contributed by atoms with E-state index in [1.54, 1.807) is 0 Å². The lowest BCUT2D eigenvalue weighted by atomic mass is 9.77. The molecule has 0 amide bonds. The molecule has 0 bridgehead atoms. The van der Waals surface area contributed by atoms with Crippen LogP contribution in [0.25, 0.3) is 98.1 Å². The summed E-state index contributed by atoms with van der Waals surface area (Å²) in [6.07, 6.45) is 10.1. The first-order valence-corrected chi connectivity index (χ1v) is 20.0. The summed E-state index contributed by atoms with van der Waals surface area (Å²) >= 11 is 1.93. The van der Waals surface area contributed by atoms with Gasteiger partial charge in [-0.1, -0.05) is 78.9 Å². The van der Waals surface area contributed by atoms with Crippen molar-refractivity contribution in [2.75, 3.05) is 0 Å². The standard InChI is InChI=1S/C51H33N3S/c1-2-13-31(14-3-1)32-27-41-37-22-23-38-35-17-6-7-21-47(35)55-51(38)50(37)54-46-30-43-39(29-40(46)42(28-32)49(41)54)44-19-8-10-24-52(44)25-12-18-36-33-15-4-5-16-34(33)45-20-9-11-26-53(45)48(36)43/h1-17,19-30,36,48H,18H2/q+2. The van der Waals surface area contributed by atoms with Crippen LogP contribution in [0.2, 0.25) is 0 Å². The van der Waals surface area contributed by atoms with Gasteiger partial charge in [0.15, 0.2) is 24.6 Å². The summed E-state index contributed by atoms with van der Waals surface area (Å²) in [7, 11) is 0. The molecule has 13 rings (SSSR count). The Kier molecular flexibility index (Phi) is 5.94. The molecule has 0 aliphatic carbocycles. The Morgan fingerprint density at radius 2 is 1.29 bits per heavy atom. The maximum Gasteiger partial charge on any atom is 0.218 e. The van der Waals surface area contributed by atoms with E-state index in [1.165, 1.54) is 103 Å². The number of hydrogen-bond donors (Lipinski definition) is 0. The highest BCUT2D eigenvalue weighted by atomic mass is 32.1. The molecule has 0 saturated heterocycles. The largest absolute Gasteiger partial charge is 0.307 e. The van der Waals surface area contributed by atoms with E-state index in [2.05, 4.69) is 190 Å². The number of nitrogens with zero attached hydrogens (tertiary/aromatic N) is 3. The fourth-order valence-electron chi connectivity index (χ4n) is 10.2. The molecule has 256 valence electrons. The molecule has 2 atom stereocenters. The minimum absolute atomic E-state index is 0.0908. The Hall–Kier alpha value is -6.62. The molecule has 5 aromatic heterocycles. The van der Waals surface area contributed by atoms with Crippen molar-refractivity contribution in [3.63, 3.8) is 0 Å². The fourth-order valence-corrected chi connectivity index (χ4v) is 11.5. The Labute approximate surface area is 321 Å². The zero-order valence-electron chi connectivity index (χ0n) is 29.9.